The predicted molar refractivity (Wildman–Crippen MR) is 97.1 cm³/mol. The summed E-state index contributed by atoms with van der Waals surface area (Å²) in [4.78, 5) is 27.0. The number of cyclic esters (lactones) is 1. The first-order valence-electron chi connectivity index (χ1n) is 8.18. The lowest BCUT2D eigenvalue weighted by molar-refractivity contribution is -0.307. The first-order chi connectivity index (χ1) is 13.5. The lowest BCUT2D eigenvalue weighted by atomic mass is 10.1. The average molecular weight is 382 g/mol. The van der Waals surface area contributed by atoms with Crippen molar-refractivity contribution in [2.24, 2.45) is 4.99 Å². The normalized spacial score (nSPS) is 14.4. The standard InChI is InChI=1S/C20H17NO7/c1-25-15-6-4-3-5-13(15)19-21-14(20(24)28-19)9-12-7-8-16(17(10-12)26-2)27-11-18(22)23/h3-10H,11H2,1-2H3,(H,22,23)/p-1/b14-9-. The van der Waals surface area contributed by atoms with Crippen LogP contribution in [-0.4, -0.2) is 38.7 Å². The van der Waals surface area contributed by atoms with E-state index in [0.29, 0.717) is 22.6 Å². The number of carbonyl (C=O) groups excluding carboxylic acids is 2. The third-order valence-corrected chi connectivity index (χ3v) is 3.79. The highest BCUT2D eigenvalue weighted by Crippen LogP contribution is 2.30. The molecule has 0 aliphatic carbocycles. The molecular weight excluding hydrogens is 366 g/mol. The molecule has 0 spiro atoms. The number of esters is 1. The maximum Gasteiger partial charge on any atom is 0.363 e. The van der Waals surface area contributed by atoms with Gasteiger partial charge in [0.05, 0.1) is 25.8 Å². The van der Waals surface area contributed by atoms with E-state index in [1.165, 1.54) is 26.4 Å². The van der Waals surface area contributed by atoms with Crippen molar-refractivity contribution < 1.29 is 33.6 Å². The first-order valence-corrected chi connectivity index (χ1v) is 8.18. The Morgan fingerprint density at radius 3 is 2.57 bits per heavy atom. The largest absolute Gasteiger partial charge is 0.546 e. The smallest absolute Gasteiger partial charge is 0.363 e. The molecule has 0 radical (unpaired) electrons. The van der Waals surface area contributed by atoms with E-state index in [1.54, 1.807) is 36.4 Å². The number of carboxylic acids is 1. The summed E-state index contributed by atoms with van der Waals surface area (Å²) < 4.78 is 20.8. The molecule has 0 bridgehead atoms. The van der Waals surface area contributed by atoms with Crippen molar-refractivity contribution in [2.75, 3.05) is 20.8 Å². The van der Waals surface area contributed by atoms with Crippen LogP contribution in [0.5, 0.6) is 17.2 Å². The number of methoxy groups -OCH3 is 2. The molecule has 2 aromatic carbocycles. The van der Waals surface area contributed by atoms with Gasteiger partial charge >= 0.3 is 5.97 Å². The molecule has 0 atom stereocenters. The molecule has 1 aliphatic rings. The SMILES string of the molecule is COc1cc(/C=C2\N=C(c3ccccc3OC)OC2=O)ccc1OCC(=O)[O-]. The van der Waals surface area contributed by atoms with E-state index in [0.717, 1.165) is 0 Å². The minimum atomic E-state index is -1.35. The number of ether oxygens (including phenoxy) is 4. The van der Waals surface area contributed by atoms with Gasteiger partial charge in [-0.1, -0.05) is 18.2 Å². The highest BCUT2D eigenvalue weighted by atomic mass is 16.6. The van der Waals surface area contributed by atoms with E-state index in [2.05, 4.69) is 4.99 Å². The molecule has 1 aliphatic heterocycles. The number of hydrogen-bond acceptors (Lipinski definition) is 8. The molecule has 8 heteroatoms. The van der Waals surface area contributed by atoms with Crippen LogP contribution in [0.1, 0.15) is 11.1 Å². The van der Waals surface area contributed by atoms with Gasteiger partial charge < -0.3 is 28.8 Å². The molecule has 1 heterocycles. The monoisotopic (exact) mass is 382 g/mol. The zero-order valence-electron chi connectivity index (χ0n) is 15.1. The van der Waals surface area contributed by atoms with Crippen LogP contribution in [0.15, 0.2) is 53.2 Å². The zero-order chi connectivity index (χ0) is 20.1. The number of benzene rings is 2. The molecule has 0 aromatic heterocycles. The lowest BCUT2D eigenvalue weighted by Gasteiger charge is -2.11. The third-order valence-electron chi connectivity index (χ3n) is 3.79. The highest BCUT2D eigenvalue weighted by Gasteiger charge is 2.26. The second kappa shape index (κ2) is 8.26. The average Bonchev–Trinajstić information content (AvgIpc) is 3.06. The van der Waals surface area contributed by atoms with Gasteiger partial charge in [0.2, 0.25) is 5.90 Å². The van der Waals surface area contributed by atoms with Gasteiger partial charge in [0.15, 0.2) is 17.2 Å². The van der Waals surface area contributed by atoms with Gasteiger partial charge in [-0.2, -0.15) is 0 Å². The number of carbonyl (C=O) groups is 2. The van der Waals surface area contributed by atoms with E-state index in [4.69, 9.17) is 18.9 Å². The van der Waals surface area contributed by atoms with Crippen molar-refractivity contribution >= 4 is 23.9 Å². The predicted octanol–water partition coefficient (Wildman–Crippen LogP) is 1.18. The topological polar surface area (TPSA) is 106 Å². The fourth-order valence-corrected chi connectivity index (χ4v) is 2.53. The summed E-state index contributed by atoms with van der Waals surface area (Å²) in [6, 6.07) is 11.8. The van der Waals surface area contributed by atoms with E-state index in [-0.39, 0.29) is 17.3 Å². The van der Waals surface area contributed by atoms with Crippen molar-refractivity contribution in [3.05, 3.63) is 59.3 Å². The van der Waals surface area contributed by atoms with Gasteiger partial charge in [-0.15, -0.1) is 0 Å². The summed E-state index contributed by atoms with van der Waals surface area (Å²) >= 11 is 0. The minimum Gasteiger partial charge on any atom is -0.546 e. The molecule has 28 heavy (non-hydrogen) atoms. The summed E-state index contributed by atoms with van der Waals surface area (Å²) in [5, 5.41) is 10.5. The van der Waals surface area contributed by atoms with Crippen LogP contribution < -0.4 is 19.3 Å². The van der Waals surface area contributed by atoms with E-state index in [9.17, 15) is 14.7 Å². The summed E-state index contributed by atoms with van der Waals surface area (Å²) in [6.45, 7) is -0.602. The maximum atomic E-state index is 12.2. The quantitative estimate of drug-likeness (QED) is 0.523. The van der Waals surface area contributed by atoms with Crippen LogP contribution in [-0.2, 0) is 14.3 Å². The molecule has 0 N–H and O–H groups in total. The number of rotatable bonds is 7. The van der Waals surface area contributed by atoms with Crippen molar-refractivity contribution in [1.29, 1.82) is 0 Å². The van der Waals surface area contributed by atoms with Crippen LogP contribution in [0.25, 0.3) is 6.08 Å². The van der Waals surface area contributed by atoms with Crippen molar-refractivity contribution in [2.45, 2.75) is 0 Å². The second-order valence-corrected chi connectivity index (χ2v) is 5.61. The molecule has 3 rings (SSSR count). The Hall–Kier alpha value is -3.81. The zero-order valence-corrected chi connectivity index (χ0v) is 15.1. The van der Waals surface area contributed by atoms with Gasteiger partial charge in [0.1, 0.15) is 12.4 Å². The fraction of sp³-hybridized carbons (Fsp3) is 0.150. The highest BCUT2D eigenvalue weighted by molar-refractivity contribution is 6.13. The minimum absolute atomic E-state index is 0.103. The third kappa shape index (κ3) is 4.12. The Labute approximate surface area is 160 Å². The Kier molecular flexibility index (Phi) is 5.59. The molecule has 8 nitrogen and oxygen atoms in total. The van der Waals surface area contributed by atoms with Crippen molar-refractivity contribution in [3.8, 4) is 17.2 Å². The molecule has 0 fully saturated rings. The summed E-state index contributed by atoms with van der Waals surface area (Å²) in [5.74, 6) is -0.727. The number of hydrogen-bond donors (Lipinski definition) is 0. The second-order valence-electron chi connectivity index (χ2n) is 5.61. The maximum absolute atomic E-state index is 12.2. The first kappa shape index (κ1) is 19.0. The van der Waals surface area contributed by atoms with Crippen LogP contribution in [0, 0.1) is 0 Å². The van der Waals surface area contributed by atoms with Crippen LogP contribution in [0.2, 0.25) is 0 Å². The lowest BCUT2D eigenvalue weighted by Crippen LogP contribution is -2.29. The summed E-state index contributed by atoms with van der Waals surface area (Å²) in [7, 11) is 2.93. The van der Waals surface area contributed by atoms with Crippen molar-refractivity contribution in [1.82, 2.24) is 0 Å². The summed E-state index contributed by atoms with van der Waals surface area (Å²) in [5.41, 5.74) is 1.26. The molecule has 0 saturated heterocycles. The molecule has 2 aromatic rings. The van der Waals surface area contributed by atoms with Crippen LogP contribution in [0.3, 0.4) is 0 Å². The van der Waals surface area contributed by atoms with E-state index in [1.807, 2.05) is 0 Å². The molecule has 0 unspecified atom stereocenters. The van der Waals surface area contributed by atoms with Gasteiger partial charge in [0.25, 0.3) is 0 Å². The molecular formula is C20H16NO7-. The van der Waals surface area contributed by atoms with Crippen LogP contribution in [0.4, 0.5) is 0 Å². The van der Waals surface area contributed by atoms with Gasteiger partial charge in [-0.05, 0) is 35.9 Å². The van der Waals surface area contributed by atoms with Crippen molar-refractivity contribution in [3.63, 3.8) is 0 Å². The van der Waals surface area contributed by atoms with Crippen LogP contribution >= 0.6 is 0 Å². The Morgan fingerprint density at radius 2 is 1.86 bits per heavy atom. The Bertz CT molecular complexity index is 978. The number of aliphatic carboxylic acids is 1. The van der Waals surface area contributed by atoms with E-state index >= 15 is 0 Å². The number of aliphatic imine (C=N–C) groups is 1. The molecule has 0 saturated carbocycles. The van der Waals surface area contributed by atoms with Gasteiger partial charge in [-0.3, -0.25) is 0 Å². The number of para-hydroxylation sites is 1. The fourth-order valence-electron chi connectivity index (χ4n) is 2.53. The Balaban J connectivity index is 1.89. The number of carboxylic acid groups (broad SMARTS) is 1. The van der Waals surface area contributed by atoms with Gasteiger partial charge in [0, 0.05) is 0 Å². The number of nitrogens with zero attached hydrogens (tertiary/aromatic N) is 1. The molecule has 144 valence electrons. The molecule has 0 amide bonds. The van der Waals surface area contributed by atoms with E-state index < -0.39 is 18.5 Å². The summed E-state index contributed by atoms with van der Waals surface area (Å²) in [6.07, 6.45) is 1.52. The Morgan fingerprint density at radius 1 is 1.11 bits per heavy atom. The van der Waals surface area contributed by atoms with Gasteiger partial charge in [-0.25, -0.2) is 9.79 Å².